The Hall–Kier alpha value is -2.80. The van der Waals surface area contributed by atoms with Crippen LogP contribution in [0.15, 0.2) is 41.2 Å². The number of carbonyl (C=O) groups excluding carboxylic acids is 1. The van der Waals surface area contributed by atoms with E-state index in [1.807, 2.05) is 6.92 Å². The van der Waals surface area contributed by atoms with Crippen LogP contribution in [0.4, 0.5) is 5.13 Å². The number of nitrogens with one attached hydrogen (secondary N) is 1. The molecule has 7 heteroatoms. The van der Waals surface area contributed by atoms with Crippen molar-refractivity contribution in [1.29, 1.82) is 0 Å². The molecule has 0 saturated heterocycles. The number of hydrogen-bond donors (Lipinski definition) is 1. The molecule has 2 heterocycles. The van der Waals surface area contributed by atoms with E-state index < -0.39 is 0 Å². The first-order valence-electron chi connectivity index (χ1n) is 8.40. The molecule has 0 bridgehead atoms. The Kier molecular flexibility index (Phi) is 5.27. The number of amides is 1. The van der Waals surface area contributed by atoms with Crippen molar-refractivity contribution in [1.82, 2.24) is 14.8 Å². The van der Waals surface area contributed by atoms with Crippen molar-refractivity contribution in [2.75, 3.05) is 5.32 Å². The molecule has 3 aromatic rings. The van der Waals surface area contributed by atoms with Gasteiger partial charge in [-0.2, -0.15) is 5.10 Å². The van der Waals surface area contributed by atoms with Gasteiger partial charge in [-0.3, -0.25) is 14.9 Å². The van der Waals surface area contributed by atoms with Crippen molar-refractivity contribution in [3.05, 3.63) is 62.9 Å². The van der Waals surface area contributed by atoms with Gasteiger partial charge in [0.1, 0.15) is 5.69 Å². The second-order valence-electron chi connectivity index (χ2n) is 6.01. The Labute approximate surface area is 155 Å². The minimum absolute atomic E-state index is 0.172. The van der Waals surface area contributed by atoms with Crippen LogP contribution in [0.3, 0.4) is 0 Å². The number of nitrogens with zero attached hydrogens (tertiary/aromatic N) is 3. The molecule has 2 aromatic heterocycles. The zero-order valence-electron chi connectivity index (χ0n) is 14.9. The fourth-order valence-electron chi connectivity index (χ4n) is 2.62. The maximum Gasteiger partial charge on any atom is 0.277 e. The predicted octanol–water partition coefficient (Wildman–Crippen LogP) is 3.42. The van der Waals surface area contributed by atoms with E-state index in [2.05, 4.69) is 46.6 Å². The van der Waals surface area contributed by atoms with Crippen molar-refractivity contribution in [2.24, 2.45) is 7.05 Å². The van der Waals surface area contributed by atoms with Gasteiger partial charge in [0.2, 0.25) is 0 Å². The quantitative estimate of drug-likeness (QED) is 0.749. The first-order chi connectivity index (χ1) is 12.5. The lowest BCUT2D eigenvalue weighted by molar-refractivity contribution is 0.102. The molecule has 0 unspecified atom stereocenters. The number of anilines is 1. The third kappa shape index (κ3) is 3.88. The summed E-state index contributed by atoms with van der Waals surface area (Å²) in [4.78, 5) is 29.3. The summed E-state index contributed by atoms with van der Waals surface area (Å²) >= 11 is 1.41. The fraction of sp³-hybridized carbons (Fsp3) is 0.263. The lowest BCUT2D eigenvalue weighted by Gasteiger charge is -2.03. The van der Waals surface area contributed by atoms with Crippen LogP contribution in [-0.2, 0) is 13.5 Å². The second kappa shape index (κ2) is 7.61. The summed E-state index contributed by atoms with van der Waals surface area (Å²) in [5.74, 6) is -0.390. The Balaban J connectivity index is 1.80. The average molecular weight is 368 g/mol. The van der Waals surface area contributed by atoms with Crippen LogP contribution in [0.2, 0.25) is 0 Å². The Morgan fingerprint density at radius 2 is 1.92 bits per heavy atom. The van der Waals surface area contributed by atoms with Gasteiger partial charge in [0.05, 0.1) is 5.69 Å². The van der Waals surface area contributed by atoms with E-state index in [1.54, 1.807) is 0 Å². The Morgan fingerprint density at radius 1 is 1.19 bits per heavy atom. The zero-order chi connectivity index (χ0) is 18.7. The van der Waals surface area contributed by atoms with Crippen LogP contribution in [0, 0.1) is 6.92 Å². The topological polar surface area (TPSA) is 76.9 Å². The van der Waals surface area contributed by atoms with Crippen LogP contribution in [0.25, 0.3) is 11.3 Å². The third-order valence-corrected chi connectivity index (χ3v) is 4.86. The second-order valence-corrected chi connectivity index (χ2v) is 7.21. The van der Waals surface area contributed by atoms with Gasteiger partial charge in [-0.1, -0.05) is 37.6 Å². The summed E-state index contributed by atoms with van der Waals surface area (Å²) in [7, 11) is 1.51. The van der Waals surface area contributed by atoms with Crippen LogP contribution >= 0.6 is 11.3 Å². The normalized spacial score (nSPS) is 10.7. The van der Waals surface area contributed by atoms with Gasteiger partial charge in [-0.25, -0.2) is 9.67 Å². The largest absolute Gasteiger partial charge is 0.296 e. The van der Waals surface area contributed by atoms with Crippen molar-refractivity contribution in [2.45, 2.75) is 26.7 Å². The highest BCUT2D eigenvalue weighted by atomic mass is 32.1. The molecule has 1 N–H and O–H groups in total. The van der Waals surface area contributed by atoms with Gasteiger partial charge in [-0.15, -0.1) is 11.3 Å². The Bertz CT molecular complexity index is 990. The number of rotatable bonds is 5. The van der Waals surface area contributed by atoms with Gasteiger partial charge in [0.15, 0.2) is 5.13 Å². The molecule has 134 valence electrons. The smallest absolute Gasteiger partial charge is 0.277 e. The molecule has 1 amide bonds. The predicted molar refractivity (Wildman–Crippen MR) is 104 cm³/mol. The average Bonchev–Trinajstić information content (AvgIpc) is 2.98. The maximum absolute atomic E-state index is 12.3. The number of benzene rings is 1. The van der Waals surface area contributed by atoms with Crippen molar-refractivity contribution in [3.63, 3.8) is 0 Å². The highest BCUT2D eigenvalue weighted by Gasteiger charge is 2.14. The molecule has 1 aromatic carbocycles. The standard InChI is InChI=1S/C19H20N4O2S/c1-4-5-13-6-8-14(9-7-13)17-12(2)26-19(20-17)21-18(25)15-10-11-16(24)23(3)22-15/h6-11H,4-5H2,1-3H3,(H,20,21,25). The molecular weight excluding hydrogens is 348 g/mol. The van der Waals surface area contributed by atoms with Crippen molar-refractivity contribution >= 4 is 22.4 Å². The maximum atomic E-state index is 12.3. The number of carbonyl (C=O) groups is 1. The summed E-state index contributed by atoms with van der Waals surface area (Å²) in [5, 5.41) is 7.22. The van der Waals surface area contributed by atoms with Crippen LogP contribution < -0.4 is 10.9 Å². The summed E-state index contributed by atoms with van der Waals surface area (Å²) < 4.78 is 1.13. The summed E-state index contributed by atoms with van der Waals surface area (Å²) in [6, 6.07) is 11.1. The fourth-order valence-corrected chi connectivity index (χ4v) is 3.45. The summed E-state index contributed by atoms with van der Waals surface area (Å²) in [5.41, 5.74) is 3.10. The minimum atomic E-state index is -0.390. The molecule has 6 nitrogen and oxygen atoms in total. The molecule has 0 spiro atoms. The first-order valence-corrected chi connectivity index (χ1v) is 9.22. The van der Waals surface area contributed by atoms with Crippen LogP contribution in [0.5, 0.6) is 0 Å². The van der Waals surface area contributed by atoms with E-state index in [1.165, 1.54) is 36.1 Å². The molecule has 0 aliphatic heterocycles. The molecule has 0 atom stereocenters. The summed E-state index contributed by atoms with van der Waals surface area (Å²) in [6.07, 6.45) is 2.18. The number of thiazole rings is 1. The van der Waals surface area contributed by atoms with Crippen molar-refractivity contribution in [3.8, 4) is 11.3 Å². The van der Waals surface area contributed by atoms with Gasteiger partial charge in [0.25, 0.3) is 11.5 Å². The van der Waals surface area contributed by atoms with Gasteiger partial charge < -0.3 is 0 Å². The third-order valence-electron chi connectivity index (χ3n) is 3.98. The molecule has 0 aliphatic carbocycles. The molecule has 0 fully saturated rings. The van der Waals surface area contributed by atoms with Gasteiger partial charge in [0, 0.05) is 23.6 Å². The lowest BCUT2D eigenvalue weighted by atomic mass is 10.1. The van der Waals surface area contributed by atoms with Crippen molar-refractivity contribution < 1.29 is 4.79 Å². The van der Waals surface area contributed by atoms with E-state index in [4.69, 9.17) is 0 Å². The number of hydrogen-bond acceptors (Lipinski definition) is 5. The number of aryl methyl sites for hydroxylation is 3. The highest BCUT2D eigenvalue weighted by Crippen LogP contribution is 2.30. The molecule has 26 heavy (non-hydrogen) atoms. The molecule has 0 radical (unpaired) electrons. The van der Waals surface area contributed by atoms with Crippen LogP contribution in [0.1, 0.15) is 34.3 Å². The minimum Gasteiger partial charge on any atom is -0.296 e. The summed E-state index contributed by atoms with van der Waals surface area (Å²) in [6.45, 7) is 4.14. The van der Waals surface area contributed by atoms with E-state index in [0.717, 1.165) is 33.7 Å². The van der Waals surface area contributed by atoms with E-state index in [9.17, 15) is 9.59 Å². The zero-order valence-corrected chi connectivity index (χ0v) is 15.8. The molecule has 0 aliphatic rings. The van der Waals surface area contributed by atoms with Gasteiger partial charge >= 0.3 is 0 Å². The first kappa shape index (κ1) is 18.0. The SMILES string of the molecule is CCCc1ccc(-c2nc(NC(=O)c3ccc(=O)n(C)n3)sc2C)cc1. The molecular formula is C19H20N4O2S. The lowest BCUT2D eigenvalue weighted by Crippen LogP contribution is -2.23. The molecule has 3 rings (SSSR count). The monoisotopic (exact) mass is 368 g/mol. The van der Waals surface area contributed by atoms with E-state index >= 15 is 0 Å². The number of aromatic nitrogens is 3. The van der Waals surface area contributed by atoms with E-state index in [-0.39, 0.29) is 17.2 Å². The highest BCUT2D eigenvalue weighted by molar-refractivity contribution is 7.16. The van der Waals surface area contributed by atoms with Gasteiger partial charge in [-0.05, 0) is 25.0 Å². The van der Waals surface area contributed by atoms with Crippen LogP contribution in [-0.4, -0.2) is 20.7 Å². The molecule has 0 saturated carbocycles. The Morgan fingerprint density at radius 3 is 2.58 bits per heavy atom. The van der Waals surface area contributed by atoms with E-state index in [0.29, 0.717) is 5.13 Å².